The first-order valence-corrected chi connectivity index (χ1v) is 7.31. The van der Waals surface area contributed by atoms with Crippen molar-refractivity contribution in [1.29, 1.82) is 0 Å². The number of hydrogen-bond acceptors (Lipinski definition) is 4. The maximum atomic E-state index is 12.3. The molecule has 2 rings (SSSR count). The summed E-state index contributed by atoms with van der Waals surface area (Å²) in [4.78, 5) is 12.3. The number of aryl methyl sites for hydroxylation is 2. The summed E-state index contributed by atoms with van der Waals surface area (Å²) in [6.45, 7) is 7.24. The number of carbonyl (C=O) groups excluding carboxylic acids is 1. The molecule has 118 valence electrons. The van der Waals surface area contributed by atoms with E-state index in [4.69, 9.17) is 4.52 Å². The lowest BCUT2D eigenvalue weighted by Crippen LogP contribution is -2.40. The fourth-order valence-corrected chi connectivity index (χ4v) is 2.55. The van der Waals surface area contributed by atoms with Crippen molar-refractivity contribution in [3.63, 3.8) is 0 Å². The fraction of sp³-hybridized carbons (Fsp3) is 0.412. The summed E-state index contributed by atoms with van der Waals surface area (Å²) in [6, 6.07) is 9.28. The average Bonchev–Trinajstić information content (AvgIpc) is 2.84. The summed E-state index contributed by atoms with van der Waals surface area (Å²) >= 11 is 0. The van der Waals surface area contributed by atoms with E-state index in [1.807, 2.05) is 37.3 Å². The van der Waals surface area contributed by atoms with Gasteiger partial charge in [0.25, 0.3) is 0 Å². The molecule has 0 aliphatic heterocycles. The van der Waals surface area contributed by atoms with Gasteiger partial charge in [-0.1, -0.05) is 35.5 Å². The monoisotopic (exact) mass is 302 g/mol. The van der Waals surface area contributed by atoms with Crippen molar-refractivity contribution in [2.75, 3.05) is 6.54 Å². The highest BCUT2D eigenvalue weighted by Crippen LogP contribution is 2.24. The molecule has 0 fully saturated rings. The van der Waals surface area contributed by atoms with Gasteiger partial charge in [-0.3, -0.25) is 4.79 Å². The number of hydrogen-bond donors (Lipinski definition) is 2. The summed E-state index contributed by atoms with van der Waals surface area (Å²) < 4.78 is 5.10. The van der Waals surface area contributed by atoms with Gasteiger partial charge in [-0.25, -0.2) is 0 Å². The minimum Gasteiger partial charge on any atom is -0.384 e. The van der Waals surface area contributed by atoms with Gasteiger partial charge < -0.3 is 14.9 Å². The Morgan fingerprint density at radius 1 is 1.36 bits per heavy atom. The number of aliphatic hydroxyl groups is 1. The molecule has 2 N–H and O–H groups in total. The van der Waals surface area contributed by atoms with Gasteiger partial charge in [0.1, 0.15) is 11.4 Å². The summed E-state index contributed by atoms with van der Waals surface area (Å²) in [5.74, 6) is 0.110. The molecule has 2 atom stereocenters. The minimum atomic E-state index is -1.12. The lowest BCUT2D eigenvalue weighted by Gasteiger charge is -2.25. The van der Waals surface area contributed by atoms with E-state index < -0.39 is 5.60 Å². The summed E-state index contributed by atoms with van der Waals surface area (Å²) in [7, 11) is 0. The standard InChI is InChI=1S/C17H22N2O3/c1-11(15-12(2)19-22-13(15)3)16(20)18-10-17(4,21)14-8-6-5-7-9-14/h5-9,11,21H,10H2,1-4H3,(H,18,20). The molecule has 0 bridgehead atoms. The highest BCUT2D eigenvalue weighted by atomic mass is 16.5. The van der Waals surface area contributed by atoms with E-state index in [9.17, 15) is 9.90 Å². The molecule has 1 aromatic carbocycles. The van der Waals surface area contributed by atoms with E-state index in [-0.39, 0.29) is 18.4 Å². The van der Waals surface area contributed by atoms with Crippen molar-refractivity contribution in [3.8, 4) is 0 Å². The summed E-state index contributed by atoms with van der Waals surface area (Å²) in [5.41, 5.74) is 1.17. The Morgan fingerprint density at radius 3 is 2.55 bits per heavy atom. The Morgan fingerprint density at radius 2 is 2.00 bits per heavy atom. The van der Waals surface area contributed by atoms with Crippen LogP contribution in [0.15, 0.2) is 34.9 Å². The normalized spacial score (nSPS) is 15.1. The van der Waals surface area contributed by atoms with Crippen LogP contribution >= 0.6 is 0 Å². The summed E-state index contributed by atoms with van der Waals surface area (Å²) in [5, 5.41) is 17.2. The Kier molecular flexibility index (Phi) is 4.66. The number of benzene rings is 1. The quantitative estimate of drug-likeness (QED) is 0.889. The van der Waals surface area contributed by atoms with Crippen LogP contribution in [0.4, 0.5) is 0 Å². The van der Waals surface area contributed by atoms with Gasteiger partial charge in [-0.15, -0.1) is 0 Å². The molecular weight excluding hydrogens is 280 g/mol. The number of nitrogens with one attached hydrogen (secondary N) is 1. The Hall–Kier alpha value is -2.14. The molecule has 1 aromatic heterocycles. The van der Waals surface area contributed by atoms with Crippen molar-refractivity contribution >= 4 is 5.91 Å². The lowest BCUT2D eigenvalue weighted by molar-refractivity contribution is -0.123. The average molecular weight is 302 g/mol. The van der Waals surface area contributed by atoms with Gasteiger partial charge in [0.2, 0.25) is 5.91 Å². The Bertz CT molecular complexity index is 628. The fourth-order valence-electron chi connectivity index (χ4n) is 2.55. The molecule has 5 nitrogen and oxygen atoms in total. The third kappa shape index (κ3) is 3.36. The van der Waals surface area contributed by atoms with E-state index in [1.54, 1.807) is 20.8 Å². The van der Waals surface area contributed by atoms with Crippen LogP contribution in [0, 0.1) is 13.8 Å². The van der Waals surface area contributed by atoms with Crippen LogP contribution in [0.2, 0.25) is 0 Å². The van der Waals surface area contributed by atoms with E-state index in [1.165, 1.54) is 0 Å². The van der Waals surface area contributed by atoms with Crippen LogP contribution in [0.1, 0.15) is 42.3 Å². The molecule has 0 radical (unpaired) electrons. The van der Waals surface area contributed by atoms with Crippen LogP contribution < -0.4 is 5.32 Å². The number of rotatable bonds is 5. The number of nitrogens with zero attached hydrogens (tertiary/aromatic N) is 1. The SMILES string of the molecule is Cc1noc(C)c1C(C)C(=O)NCC(C)(O)c1ccccc1. The molecule has 0 saturated carbocycles. The first-order chi connectivity index (χ1) is 10.3. The van der Waals surface area contributed by atoms with Crippen molar-refractivity contribution in [1.82, 2.24) is 10.5 Å². The van der Waals surface area contributed by atoms with Crippen LogP contribution in [0.3, 0.4) is 0 Å². The van der Waals surface area contributed by atoms with Crippen LogP contribution in [0.25, 0.3) is 0 Å². The second-order valence-corrected chi connectivity index (χ2v) is 5.82. The van der Waals surface area contributed by atoms with E-state index in [0.29, 0.717) is 5.76 Å². The van der Waals surface area contributed by atoms with Crippen molar-refractivity contribution < 1.29 is 14.4 Å². The minimum absolute atomic E-state index is 0.142. The van der Waals surface area contributed by atoms with Gasteiger partial charge in [0.05, 0.1) is 18.2 Å². The van der Waals surface area contributed by atoms with E-state index >= 15 is 0 Å². The molecule has 5 heteroatoms. The van der Waals surface area contributed by atoms with E-state index in [2.05, 4.69) is 10.5 Å². The van der Waals surface area contributed by atoms with Crippen molar-refractivity contribution in [2.45, 2.75) is 39.2 Å². The Balaban J connectivity index is 2.04. The van der Waals surface area contributed by atoms with Gasteiger partial charge in [0.15, 0.2) is 0 Å². The molecule has 2 aromatic rings. The number of aromatic nitrogens is 1. The lowest BCUT2D eigenvalue weighted by atomic mass is 9.95. The molecule has 1 amide bonds. The van der Waals surface area contributed by atoms with Gasteiger partial charge in [0, 0.05) is 5.56 Å². The molecule has 0 aliphatic rings. The molecule has 0 saturated heterocycles. The number of amides is 1. The van der Waals surface area contributed by atoms with Crippen LogP contribution in [-0.4, -0.2) is 22.7 Å². The molecular formula is C17H22N2O3. The molecule has 22 heavy (non-hydrogen) atoms. The predicted molar refractivity (Wildman–Crippen MR) is 83.4 cm³/mol. The first kappa shape index (κ1) is 16.2. The Labute approximate surface area is 130 Å². The first-order valence-electron chi connectivity index (χ1n) is 7.31. The van der Waals surface area contributed by atoms with Crippen LogP contribution in [-0.2, 0) is 10.4 Å². The molecule has 0 spiro atoms. The van der Waals surface area contributed by atoms with Crippen molar-refractivity contribution in [3.05, 3.63) is 52.9 Å². The second-order valence-electron chi connectivity index (χ2n) is 5.82. The topological polar surface area (TPSA) is 75.4 Å². The third-order valence-corrected chi connectivity index (χ3v) is 3.92. The summed E-state index contributed by atoms with van der Waals surface area (Å²) in [6.07, 6.45) is 0. The number of carbonyl (C=O) groups is 1. The predicted octanol–water partition coefficient (Wildman–Crippen LogP) is 2.42. The molecule has 1 heterocycles. The molecule has 2 unspecified atom stereocenters. The third-order valence-electron chi connectivity index (χ3n) is 3.92. The van der Waals surface area contributed by atoms with E-state index in [0.717, 1.165) is 16.8 Å². The maximum Gasteiger partial charge on any atom is 0.227 e. The van der Waals surface area contributed by atoms with Gasteiger partial charge in [-0.2, -0.15) is 0 Å². The second kappa shape index (κ2) is 6.32. The zero-order valence-corrected chi connectivity index (χ0v) is 13.4. The zero-order chi connectivity index (χ0) is 16.3. The van der Waals surface area contributed by atoms with Gasteiger partial charge >= 0.3 is 0 Å². The van der Waals surface area contributed by atoms with Gasteiger partial charge in [-0.05, 0) is 33.3 Å². The van der Waals surface area contributed by atoms with Crippen LogP contribution in [0.5, 0.6) is 0 Å². The highest BCUT2D eigenvalue weighted by Gasteiger charge is 2.27. The van der Waals surface area contributed by atoms with Crippen molar-refractivity contribution in [2.24, 2.45) is 0 Å². The zero-order valence-electron chi connectivity index (χ0n) is 13.4. The highest BCUT2D eigenvalue weighted by molar-refractivity contribution is 5.83. The molecule has 0 aliphatic carbocycles. The largest absolute Gasteiger partial charge is 0.384 e. The smallest absolute Gasteiger partial charge is 0.227 e. The maximum absolute atomic E-state index is 12.3.